The molecule has 23 heteroatoms. The summed E-state index contributed by atoms with van der Waals surface area (Å²) in [4.78, 5) is -2.43. The van der Waals surface area contributed by atoms with E-state index in [1.807, 2.05) is 0 Å². The molecule has 0 radical (unpaired) electrons. The van der Waals surface area contributed by atoms with Crippen LogP contribution in [0.3, 0.4) is 0 Å². The van der Waals surface area contributed by atoms with Gasteiger partial charge in [0.2, 0.25) is 10.0 Å². The van der Waals surface area contributed by atoms with Crippen LogP contribution in [-0.2, 0) is 40.4 Å². The molecule has 0 bridgehead atoms. The minimum Gasteiger partial charge on any atom is -0.505 e. The number of phenolic OH excluding ortho intramolecular Hbond substituents is 1. The number of aliphatic hydroxyl groups excluding tert-OH is 1. The third-order valence-corrected chi connectivity index (χ3v) is 10.4. The van der Waals surface area contributed by atoms with Crippen LogP contribution in [0.4, 0.5) is 28.4 Å². The van der Waals surface area contributed by atoms with Crippen molar-refractivity contribution in [2.45, 2.75) is 21.6 Å². The number of anilines is 1. The topological polar surface area (TPSA) is 308 Å². The summed E-state index contributed by atoms with van der Waals surface area (Å²) in [6, 6.07) is 12.9. The van der Waals surface area contributed by atoms with E-state index in [0.717, 1.165) is 18.4 Å². The number of ether oxygens (including phenoxy) is 1. The predicted molar refractivity (Wildman–Crippen MR) is 190 cm³/mol. The molecule has 0 saturated heterocycles. The first-order valence-electron chi connectivity index (χ1n) is 14.5. The molecule has 5 aromatic carbocycles. The molecule has 6 N–H and O–H groups in total. The molecular formula is C30H27N5O14S4. The van der Waals surface area contributed by atoms with Crippen molar-refractivity contribution in [3.63, 3.8) is 0 Å². The van der Waals surface area contributed by atoms with Gasteiger partial charge in [-0.2, -0.15) is 35.5 Å². The van der Waals surface area contributed by atoms with Gasteiger partial charge in [0.05, 0.1) is 29.1 Å². The van der Waals surface area contributed by atoms with Crippen LogP contribution in [-0.4, -0.2) is 77.0 Å². The van der Waals surface area contributed by atoms with E-state index in [1.54, 1.807) is 6.92 Å². The Morgan fingerprint density at radius 2 is 1.36 bits per heavy atom. The lowest BCUT2D eigenvalue weighted by Gasteiger charge is -2.12. The average Bonchev–Trinajstić information content (AvgIpc) is 3.04. The van der Waals surface area contributed by atoms with Gasteiger partial charge in [-0.1, -0.05) is 6.07 Å². The minimum atomic E-state index is -5.04. The van der Waals surface area contributed by atoms with Crippen LogP contribution >= 0.6 is 0 Å². The molecule has 0 spiro atoms. The molecule has 0 saturated carbocycles. The summed E-state index contributed by atoms with van der Waals surface area (Å²) >= 11 is 0. The van der Waals surface area contributed by atoms with Crippen molar-refractivity contribution in [2.24, 2.45) is 20.5 Å². The second-order valence-electron chi connectivity index (χ2n) is 11.2. The highest BCUT2D eigenvalue weighted by Crippen LogP contribution is 2.44. The molecule has 0 aromatic heterocycles. The van der Waals surface area contributed by atoms with Gasteiger partial charge >= 0.3 is 0 Å². The highest BCUT2D eigenvalue weighted by atomic mass is 32.2. The second kappa shape index (κ2) is 14.4. The van der Waals surface area contributed by atoms with Gasteiger partial charge in [0, 0.05) is 22.5 Å². The first kappa shape index (κ1) is 39.1. The summed E-state index contributed by atoms with van der Waals surface area (Å²) < 4.78 is 132. The molecule has 0 aliphatic rings. The number of hydrogen-bond donors (Lipinski definition) is 6. The quantitative estimate of drug-likeness (QED) is 0.0686. The zero-order valence-electron chi connectivity index (χ0n) is 27.1. The van der Waals surface area contributed by atoms with E-state index in [0.29, 0.717) is 11.6 Å². The lowest BCUT2D eigenvalue weighted by Crippen LogP contribution is -2.09. The predicted octanol–water partition coefficient (Wildman–Crippen LogP) is 5.32. The lowest BCUT2D eigenvalue weighted by molar-refractivity contribution is 0.202. The van der Waals surface area contributed by atoms with Gasteiger partial charge in [-0.25, -0.2) is 8.42 Å². The number of hydrogen-bond acceptors (Lipinski definition) is 15. The molecule has 280 valence electrons. The fraction of sp³-hybridized carbons (Fsp3) is 0.133. The van der Waals surface area contributed by atoms with E-state index in [4.69, 9.17) is 4.74 Å². The highest BCUT2D eigenvalue weighted by molar-refractivity contribution is 7.92. The molecule has 53 heavy (non-hydrogen) atoms. The maximum absolute atomic E-state index is 12.3. The molecule has 0 atom stereocenters. The fourth-order valence-electron chi connectivity index (χ4n) is 4.97. The SMILES string of the molecule is Cc1cc(N=Nc2c(S(=O)(=O)O)cc3cc(NS(C)(=O)=O)ccc3c2O)c(OCCO)cc1N=Nc1ccc2cc(S(=O)(=O)O)cc(S(=O)(=O)O)c2c1. The molecule has 0 fully saturated rings. The summed E-state index contributed by atoms with van der Waals surface area (Å²) in [7, 11) is -18.5. The Morgan fingerprint density at radius 3 is 1.98 bits per heavy atom. The molecule has 0 aliphatic heterocycles. The van der Waals surface area contributed by atoms with Crippen LogP contribution in [0.25, 0.3) is 21.5 Å². The van der Waals surface area contributed by atoms with Gasteiger partial charge in [0.25, 0.3) is 30.4 Å². The normalized spacial score (nSPS) is 13.0. The standard InChI is InChI=1S/C30H27N5O14S4/c1-16-9-25(33-34-29-28(53(46,47)48)12-18-10-20(35-50(2,38)39)5-6-22(18)30(29)37)26(49-8-7-36)15-24(16)32-31-19-4-3-17-11-21(51(40,41)42)14-27(23(17)13-19)52(43,44)45/h3-6,9-15,35-37H,7-8H2,1-2H3,(H,40,41,42)(H,43,44,45)(H,46,47,48). The highest BCUT2D eigenvalue weighted by Gasteiger charge is 2.24. The van der Waals surface area contributed by atoms with E-state index in [2.05, 4.69) is 25.2 Å². The van der Waals surface area contributed by atoms with Crippen LogP contribution < -0.4 is 9.46 Å². The van der Waals surface area contributed by atoms with Gasteiger partial charge in [-0.3, -0.25) is 18.4 Å². The summed E-state index contributed by atoms with van der Waals surface area (Å²) in [5.74, 6) is -0.774. The molecule has 5 aromatic rings. The van der Waals surface area contributed by atoms with Gasteiger partial charge in [0.15, 0.2) is 5.75 Å². The van der Waals surface area contributed by atoms with E-state index in [1.165, 1.54) is 48.5 Å². The number of azo groups is 2. The van der Waals surface area contributed by atoms with Gasteiger partial charge < -0.3 is 14.9 Å². The monoisotopic (exact) mass is 809 g/mol. The van der Waals surface area contributed by atoms with E-state index in [-0.39, 0.29) is 56.7 Å². The molecule has 19 nitrogen and oxygen atoms in total. The molecule has 0 heterocycles. The number of phenols is 1. The largest absolute Gasteiger partial charge is 0.505 e. The van der Waals surface area contributed by atoms with Crippen LogP contribution in [0, 0.1) is 6.92 Å². The Morgan fingerprint density at radius 1 is 0.679 bits per heavy atom. The van der Waals surface area contributed by atoms with Crippen molar-refractivity contribution in [3.8, 4) is 11.5 Å². The van der Waals surface area contributed by atoms with E-state index in [9.17, 15) is 57.5 Å². The maximum Gasteiger partial charge on any atom is 0.296 e. The van der Waals surface area contributed by atoms with E-state index < -0.39 is 73.1 Å². The number of benzene rings is 5. The van der Waals surface area contributed by atoms with Crippen LogP contribution in [0.1, 0.15) is 5.56 Å². The number of aliphatic hydroxyl groups is 1. The smallest absolute Gasteiger partial charge is 0.296 e. The Bertz CT molecular complexity index is 2830. The molecule has 0 amide bonds. The second-order valence-corrected chi connectivity index (χ2v) is 17.2. The number of aromatic hydroxyl groups is 1. The Balaban J connectivity index is 1.57. The zero-order valence-corrected chi connectivity index (χ0v) is 30.4. The third kappa shape index (κ3) is 9.09. The van der Waals surface area contributed by atoms with Crippen LogP contribution in [0.2, 0.25) is 0 Å². The minimum absolute atomic E-state index is 0.0283. The number of aryl methyl sites for hydroxylation is 1. The zero-order chi connectivity index (χ0) is 39.1. The third-order valence-electron chi connectivity index (χ3n) is 7.24. The molecule has 5 rings (SSSR count). The van der Waals surface area contributed by atoms with Crippen molar-refractivity contribution >= 4 is 90.4 Å². The molecular weight excluding hydrogens is 783 g/mol. The van der Waals surface area contributed by atoms with Gasteiger partial charge in [0.1, 0.15) is 33.5 Å². The summed E-state index contributed by atoms with van der Waals surface area (Å²) in [6.45, 7) is 0.872. The summed E-state index contributed by atoms with van der Waals surface area (Å²) in [5, 5.41) is 36.5. The maximum atomic E-state index is 12.3. The Kier molecular flexibility index (Phi) is 10.6. The number of nitrogens with zero attached hydrogens (tertiary/aromatic N) is 4. The number of sulfonamides is 1. The first-order chi connectivity index (χ1) is 24.5. The fourth-order valence-corrected chi connectivity index (χ4v) is 7.53. The number of nitrogens with one attached hydrogen (secondary N) is 1. The van der Waals surface area contributed by atoms with Crippen molar-refractivity contribution in [1.82, 2.24) is 0 Å². The number of fused-ring (bicyclic) bond motifs is 2. The van der Waals surface area contributed by atoms with Crippen molar-refractivity contribution in [1.29, 1.82) is 0 Å². The van der Waals surface area contributed by atoms with Crippen molar-refractivity contribution in [3.05, 3.63) is 72.3 Å². The van der Waals surface area contributed by atoms with Gasteiger partial charge in [-0.15, -0.1) is 10.2 Å². The van der Waals surface area contributed by atoms with Crippen LogP contribution in [0.5, 0.6) is 11.5 Å². The van der Waals surface area contributed by atoms with Crippen LogP contribution in [0.15, 0.2) is 102 Å². The molecule has 0 unspecified atom stereocenters. The van der Waals surface area contributed by atoms with Crippen molar-refractivity contribution in [2.75, 3.05) is 24.2 Å². The summed E-state index contributed by atoms with van der Waals surface area (Å²) in [5.41, 5.74) is -0.0960. The number of rotatable bonds is 12. The van der Waals surface area contributed by atoms with E-state index >= 15 is 0 Å². The average molecular weight is 810 g/mol. The first-order valence-corrected chi connectivity index (χ1v) is 20.8. The van der Waals surface area contributed by atoms with Gasteiger partial charge in [-0.05, 0) is 77.9 Å². The summed E-state index contributed by atoms with van der Waals surface area (Å²) in [6.07, 6.45) is 0.903. The van der Waals surface area contributed by atoms with Crippen molar-refractivity contribution < 1.29 is 62.3 Å². The molecule has 0 aliphatic carbocycles. The lowest BCUT2D eigenvalue weighted by atomic mass is 10.1. The Labute approximate surface area is 301 Å². The Hall–Kier alpha value is -5.14.